The number of primary amides is 1. The van der Waals surface area contributed by atoms with E-state index in [0.29, 0.717) is 5.56 Å². The largest absolute Gasteiger partial charge is 0.508 e. The van der Waals surface area contributed by atoms with Gasteiger partial charge in [0.2, 0.25) is 47.3 Å². The number of hydrogen-bond donors (Lipinski definition) is 16. The molecule has 60 heavy (non-hydrogen) atoms. The maximum atomic E-state index is 13.6. The van der Waals surface area contributed by atoms with Gasteiger partial charge in [0.15, 0.2) is 6.04 Å². The van der Waals surface area contributed by atoms with Gasteiger partial charge in [0.05, 0.1) is 43.5 Å². The minimum atomic E-state index is -2.00. The second-order valence-electron chi connectivity index (χ2n) is 13.9. The van der Waals surface area contributed by atoms with Crippen LogP contribution in [0, 0.1) is 0 Å². The SMILES string of the molecule is CC(O)[C@H](NC(=O)[C@H](Cc1ccc(O)cc1)NC(=O)[C@H](CC(N)=O)NC(=O)[C@@H](NC(=O)[C@@H](NC(=O)[C@@H](NC(=O)[C@H](CO)NC(=O)[C@H](C)N)C(C)O)C(C)O)C(C)O)C(=O)O. The minimum absolute atomic E-state index is 0.152. The molecule has 1 aromatic carbocycles. The first kappa shape index (κ1) is 52.0. The van der Waals surface area contributed by atoms with Crippen LogP contribution in [0.4, 0.5) is 0 Å². The van der Waals surface area contributed by atoms with E-state index in [1.165, 1.54) is 31.2 Å². The number of aromatic hydroxyl groups is 1. The standard InChI is InChI=1S/C35H55N9O16/c1-13(36)28(52)40-22(12-45)31(55)41-25(15(3)47)33(57)43-26(16(4)48)34(58)42-24(14(2)46)32(56)39-21(11-23(37)51)29(53)38-20(10-18-6-8-19(50)9-7-18)30(54)44-27(17(5)49)35(59)60/h6-9,13-17,20-22,24-27,45-50H,10-12,36H2,1-5H3,(H2,37,51)(H,38,53)(H,39,56)(H,40,52)(H,41,55)(H,42,58)(H,43,57)(H,44,54)(H,59,60)/t13-,14?,15?,16?,17?,20-,21-,22-,24-,25-,26-,27-/m0/s1. The summed E-state index contributed by atoms with van der Waals surface area (Å²) in [7, 11) is 0. The number of carboxylic acids is 1. The Morgan fingerprint density at radius 3 is 1.27 bits per heavy atom. The smallest absolute Gasteiger partial charge is 0.328 e. The van der Waals surface area contributed by atoms with Gasteiger partial charge in [-0.3, -0.25) is 38.4 Å². The zero-order valence-corrected chi connectivity index (χ0v) is 33.3. The van der Waals surface area contributed by atoms with Crippen LogP contribution in [0.3, 0.4) is 0 Å². The van der Waals surface area contributed by atoms with Crippen molar-refractivity contribution in [3.05, 3.63) is 29.8 Å². The number of carbonyl (C=O) groups excluding carboxylic acids is 8. The Hall–Kier alpha value is -5.99. The van der Waals surface area contributed by atoms with Crippen molar-refractivity contribution in [2.75, 3.05) is 6.61 Å². The molecule has 0 heterocycles. The molecule has 0 saturated carbocycles. The fourth-order valence-electron chi connectivity index (χ4n) is 5.12. The van der Waals surface area contributed by atoms with Gasteiger partial charge in [-0.2, -0.15) is 0 Å². The highest BCUT2D eigenvalue weighted by Gasteiger charge is 2.38. The molecule has 1 rings (SSSR count). The number of nitrogens with two attached hydrogens (primary N) is 2. The highest BCUT2D eigenvalue weighted by atomic mass is 16.4. The molecule has 0 spiro atoms. The minimum Gasteiger partial charge on any atom is -0.508 e. The van der Waals surface area contributed by atoms with E-state index in [1.807, 2.05) is 0 Å². The molecule has 0 aliphatic carbocycles. The number of aliphatic carboxylic acids is 1. The zero-order valence-electron chi connectivity index (χ0n) is 33.3. The van der Waals surface area contributed by atoms with Crippen LogP contribution in [0.1, 0.15) is 46.6 Å². The van der Waals surface area contributed by atoms with Crippen molar-refractivity contribution in [2.45, 2.75) is 120 Å². The number of rotatable bonds is 24. The van der Waals surface area contributed by atoms with Crippen molar-refractivity contribution in [1.29, 1.82) is 0 Å². The Balaban J connectivity index is 3.33. The number of carbonyl (C=O) groups is 9. The van der Waals surface area contributed by atoms with E-state index in [4.69, 9.17) is 11.5 Å². The summed E-state index contributed by atoms with van der Waals surface area (Å²) >= 11 is 0. The molecule has 25 heteroatoms. The Bertz CT molecular complexity index is 1690. The molecular weight excluding hydrogens is 802 g/mol. The first-order chi connectivity index (χ1) is 27.8. The van der Waals surface area contributed by atoms with Crippen LogP contribution >= 0.6 is 0 Å². The number of aliphatic hydroxyl groups is 5. The maximum Gasteiger partial charge on any atom is 0.328 e. The van der Waals surface area contributed by atoms with Gasteiger partial charge in [-0.25, -0.2) is 4.79 Å². The van der Waals surface area contributed by atoms with E-state index in [9.17, 15) is 78.9 Å². The van der Waals surface area contributed by atoms with Gasteiger partial charge >= 0.3 is 5.97 Å². The van der Waals surface area contributed by atoms with Crippen LogP contribution in [-0.4, -0.2) is 168 Å². The van der Waals surface area contributed by atoms with E-state index in [2.05, 4.69) is 37.2 Å². The Morgan fingerprint density at radius 1 is 0.533 bits per heavy atom. The van der Waals surface area contributed by atoms with Crippen molar-refractivity contribution >= 4 is 53.2 Å². The number of phenolic OH excluding ortho intramolecular Hbond substituents is 1. The van der Waals surface area contributed by atoms with E-state index in [0.717, 1.165) is 27.7 Å². The molecule has 18 N–H and O–H groups in total. The average molecular weight is 858 g/mol. The summed E-state index contributed by atoms with van der Waals surface area (Å²) in [5.74, 6) is -11.3. The normalized spacial score (nSPS) is 17.1. The van der Waals surface area contributed by atoms with E-state index in [1.54, 1.807) is 0 Å². The lowest BCUT2D eigenvalue weighted by molar-refractivity contribution is -0.145. The first-order valence-corrected chi connectivity index (χ1v) is 18.3. The monoisotopic (exact) mass is 857 g/mol. The molecule has 0 aromatic heterocycles. The summed E-state index contributed by atoms with van der Waals surface area (Å²) in [6.45, 7) is 4.53. The van der Waals surface area contributed by atoms with E-state index in [-0.39, 0.29) is 12.2 Å². The molecule has 25 nitrogen and oxygen atoms in total. The number of aliphatic hydroxyl groups excluding tert-OH is 5. The first-order valence-electron chi connectivity index (χ1n) is 18.3. The van der Waals surface area contributed by atoms with Crippen molar-refractivity contribution < 1.29 is 78.9 Å². The fraction of sp³-hybridized carbons (Fsp3) is 0.571. The van der Waals surface area contributed by atoms with Gasteiger partial charge < -0.3 is 84.4 Å². The number of amides is 8. The summed E-state index contributed by atoms with van der Waals surface area (Å²) < 4.78 is 0. The number of phenols is 1. The van der Waals surface area contributed by atoms with Gasteiger partial charge in [-0.1, -0.05) is 12.1 Å². The number of hydrogen-bond acceptors (Lipinski definition) is 16. The molecule has 8 amide bonds. The summed E-state index contributed by atoms with van der Waals surface area (Å²) in [4.78, 5) is 115. The van der Waals surface area contributed by atoms with Crippen LogP contribution in [0.5, 0.6) is 5.75 Å². The summed E-state index contributed by atoms with van der Waals surface area (Å²) in [6.07, 6.45) is -8.10. The molecule has 0 aliphatic rings. The molecular formula is C35H55N9O16. The second kappa shape index (κ2) is 24.2. The fourth-order valence-corrected chi connectivity index (χ4v) is 5.12. The second-order valence-corrected chi connectivity index (χ2v) is 13.9. The van der Waals surface area contributed by atoms with Gasteiger partial charge in [-0.15, -0.1) is 0 Å². The summed E-state index contributed by atoms with van der Waals surface area (Å²) in [6, 6.07) is -8.69. The van der Waals surface area contributed by atoms with Crippen molar-refractivity contribution in [1.82, 2.24) is 37.2 Å². The van der Waals surface area contributed by atoms with Crippen LogP contribution in [-0.2, 0) is 49.6 Å². The van der Waals surface area contributed by atoms with Crippen molar-refractivity contribution in [3.8, 4) is 5.75 Å². The average Bonchev–Trinajstić information content (AvgIpc) is 3.14. The molecule has 4 unspecified atom stereocenters. The maximum absolute atomic E-state index is 13.6. The topological polar surface area (TPSA) is 431 Å². The third kappa shape index (κ3) is 16.7. The summed E-state index contributed by atoms with van der Waals surface area (Å²) in [5, 5.41) is 84.5. The molecule has 0 radical (unpaired) electrons. The predicted octanol–water partition coefficient (Wildman–Crippen LogP) is -7.85. The van der Waals surface area contributed by atoms with E-state index < -0.39 is 139 Å². The van der Waals surface area contributed by atoms with E-state index >= 15 is 0 Å². The third-order valence-electron chi connectivity index (χ3n) is 8.51. The Morgan fingerprint density at radius 2 is 0.883 bits per heavy atom. The van der Waals surface area contributed by atoms with Gasteiger partial charge in [-0.05, 0) is 52.3 Å². The Kier molecular flexibility index (Phi) is 21.0. The molecule has 12 atom stereocenters. The van der Waals surface area contributed by atoms with Gasteiger partial charge in [0, 0.05) is 6.42 Å². The highest BCUT2D eigenvalue weighted by molar-refractivity contribution is 5.99. The molecule has 1 aromatic rings. The molecule has 0 bridgehead atoms. The molecule has 336 valence electrons. The predicted molar refractivity (Wildman–Crippen MR) is 204 cm³/mol. The molecule has 0 saturated heterocycles. The van der Waals surface area contributed by atoms with Crippen molar-refractivity contribution in [2.24, 2.45) is 11.5 Å². The van der Waals surface area contributed by atoms with Crippen LogP contribution in [0.15, 0.2) is 24.3 Å². The number of nitrogens with one attached hydrogen (secondary N) is 7. The highest BCUT2D eigenvalue weighted by Crippen LogP contribution is 2.13. The lowest BCUT2D eigenvalue weighted by Crippen LogP contribution is -2.64. The quantitative estimate of drug-likeness (QED) is 0.0459. The lowest BCUT2D eigenvalue weighted by atomic mass is 10.0. The van der Waals surface area contributed by atoms with Crippen LogP contribution < -0.4 is 48.7 Å². The zero-order chi connectivity index (χ0) is 46.2. The number of carboxylic acid groups (broad SMARTS) is 1. The van der Waals surface area contributed by atoms with Crippen LogP contribution in [0.2, 0.25) is 0 Å². The van der Waals surface area contributed by atoms with Gasteiger partial charge in [0.25, 0.3) is 0 Å². The Labute approximate surface area is 343 Å². The lowest BCUT2D eigenvalue weighted by Gasteiger charge is -2.29. The van der Waals surface area contributed by atoms with Gasteiger partial charge in [0.1, 0.15) is 42.0 Å². The molecule has 0 aliphatic heterocycles. The van der Waals surface area contributed by atoms with Crippen LogP contribution in [0.25, 0.3) is 0 Å². The number of benzene rings is 1. The summed E-state index contributed by atoms with van der Waals surface area (Å²) in [5.41, 5.74) is 11.1. The van der Waals surface area contributed by atoms with Crippen molar-refractivity contribution in [3.63, 3.8) is 0 Å². The molecule has 0 fully saturated rings. The third-order valence-corrected chi connectivity index (χ3v) is 8.51.